The fraction of sp³-hybridized carbons (Fsp3) is 0.647. The van der Waals surface area contributed by atoms with Crippen molar-refractivity contribution in [2.45, 2.75) is 56.6 Å². The van der Waals surface area contributed by atoms with Crippen LogP contribution in [0.3, 0.4) is 0 Å². The van der Waals surface area contributed by atoms with Crippen molar-refractivity contribution in [3.8, 4) is 11.5 Å². The van der Waals surface area contributed by atoms with Gasteiger partial charge in [-0.15, -0.1) is 0 Å². The first-order chi connectivity index (χ1) is 9.79. The Bertz CT molecular complexity index is 510. The summed E-state index contributed by atoms with van der Waals surface area (Å²) in [6, 6.07) is 5.63. The predicted molar refractivity (Wildman–Crippen MR) is 78.1 cm³/mol. The van der Waals surface area contributed by atoms with Gasteiger partial charge in [0.15, 0.2) is 5.72 Å². The van der Waals surface area contributed by atoms with Crippen molar-refractivity contribution < 1.29 is 9.84 Å². The van der Waals surface area contributed by atoms with Crippen LogP contribution in [0.2, 0.25) is 0 Å². The molecule has 108 valence electrons. The molecular weight excluding hydrogens is 250 g/mol. The molecule has 1 saturated heterocycles. The number of ether oxygens (including phenoxy) is 1. The van der Waals surface area contributed by atoms with Crippen LogP contribution in [0.25, 0.3) is 0 Å². The van der Waals surface area contributed by atoms with E-state index in [0.717, 1.165) is 25.3 Å². The summed E-state index contributed by atoms with van der Waals surface area (Å²) in [7, 11) is 0. The van der Waals surface area contributed by atoms with Crippen molar-refractivity contribution in [2.24, 2.45) is 0 Å². The minimum absolute atomic E-state index is 0.116. The van der Waals surface area contributed by atoms with Gasteiger partial charge in [-0.2, -0.15) is 0 Å². The van der Waals surface area contributed by atoms with Gasteiger partial charge in [0.1, 0.15) is 11.5 Å². The first-order valence-corrected chi connectivity index (χ1v) is 8.07. The quantitative estimate of drug-likeness (QED) is 0.848. The zero-order chi connectivity index (χ0) is 13.6. The lowest BCUT2D eigenvalue weighted by atomic mass is 9.77. The molecule has 0 aromatic heterocycles. The molecule has 0 bridgehead atoms. The van der Waals surface area contributed by atoms with Gasteiger partial charge in [0.25, 0.3) is 0 Å². The van der Waals surface area contributed by atoms with Crippen LogP contribution in [-0.2, 0) is 0 Å². The average molecular weight is 273 g/mol. The van der Waals surface area contributed by atoms with Gasteiger partial charge in [0, 0.05) is 31.0 Å². The van der Waals surface area contributed by atoms with Crippen LogP contribution in [0, 0.1) is 0 Å². The average Bonchev–Trinajstić information content (AvgIpc) is 2.83. The molecule has 0 radical (unpaired) electrons. The highest BCUT2D eigenvalue weighted by Gasteiger charge is 2.53. The molecule has 3 nitrogen and oxygen atoms in total. The molecule has 3 heteroatoms. The summed E-state index contributed by atoms with van der Waals surface area (Å²) in [5, 5.41) is 9.81. The number of hydrogen-bond donors (Lipinski definition) is 1. The summed E-state index contributed by atoms with van der Waals surface area (Å²) in [5.74, 6) is 1.81. The van der Waals surface area contributed by atoms with E-state index in [2.05, 4.69) is 4.90 Å². The van der Waals surface area contributed by atoms with Crippen LogP contribution in [-0.4, -0.2) is 28.8 Å². The normalized spacial score (nSPS) is 33.3. The number of fused-ring (bicyclic) bond motifs is 3. The van der Waals surface area contributed by atoms with Crippen molar-refractivity contribution in [3.05, 3.63) is 23.8 Å². The molecule has 2 aliphatic heterocycles. The molecule has 2 unspecified atom stereocenters. The SMILES string of the molecule is Oc1ccc2c(c1)C1CCCCC1(N1CCCCC1)O2. The van der Waals surface area contributed by atoms with Gasteiger partial charge in [-0.25, -0.2) is 0 Å². The maximum Gasteiger partial charge on any atom is 0.170 e. The third-order valence-corrected chi connectivity index (χ3v) is 5.37. The molecule has 1 saturated carbocycles. The summed E-state index contributed by atoms with van der Waals surface area (Å²) in [5.41, 5.74) is 1.12. The minimum Gasteiger partial charge on any atom is -0.508 e. The van der Waals surface area contributed by atoms with Gasteiger partial charge in [-0.1, -0.05) is 12.8 Å². The lowest BCUT2D eigenvalue weighted by Gasteiger charge is -2.48. The van der Waals surface area contributed by atoms with Crippen LogP contribution >= 0.6 is 0 Å². The number of likely N-dealkylation sites (tertiary alicyclic amines) is 1. The van der Waals surface area contributed by atoms with E-state index in [1.54, 1.807) is 6.07 Å². The summed E-state index contributed by atoms with van der Waals surface area (Å²) in [4.78, 5) is 2.59. The summed E-state index contributed by atoms with van der Waals surface area (Å²) in [6.45, 7) is 2.33. The Morgan fingerprint density at radius 3 is 2.80 bits per heavy atom. The molecule has 3 aliphatic rings. The van der Waals surface area contributed by atoms with Gasteiger partial charge in [0.05, 0.1) is 0 Å². The van der Waals surface area contributed by atoms with Crippen molar-refractivity contribution in [2.75, 3.05) is 13.1 Å². The first-order valence-electron chi connectivity index (χ1n) is 8.07. The van der Waals surface area contributed by atoms with Crippen LogP contribution in [0.1, 0.15) is 56.4 Å². The Balaban J connectivity index is 1.74. The van der Waals surface area contributed by atoms with Crippen molar-refractivity contribution in [1.29, 1.82) is 0 Å². The first kappa shape index (κ1) is 12.5. The number of aromatic hydroxyl groups is 1. The Morgan fingerprint density at radius 2 is 1.95 bits per heavy atom. The molecule has 2 heterocycles. The molecule has 2 atom stereocenters. The highest BCUT2D eigenvalue weighted by molar-refractivity contribution is 5.47. The van der Waals surface area contributed by atoms with E-state index in [9.17, 15) is 5.11 Å². The molecule has 1 N–H and O–H groups in total. The standard InChI is InChI=1S/C17H23NO2/c19-13-7-8-16-14(12-13)15-6-2-3-9-17(15,20-16)18-10-4-1-5-11-18/h7-8,12,15,19H,1-6,9-11H2. The van der Waals surface area contributed by atoms with Gasteiger partial charge in [-0.05, 0) is 43.9 Å². The molecule has 1 aliphatic carbocycles. The lowest BCUT2D eigenvalue weighted by molar-refractivity contribution is -0.115. The van der Waals surface area contributed by atoms with Gasteiger partial charge in [0.2, 0.25) is 0 Å². The molecule has 4 rings (SSSR count). The number of phenols is 1. The zero-order valence-corrected chi connectivity index (χ0v) is 12.0. The highest BCUT2D eigenvalue weighted by Crippen LogP contribution is 2.54. The van der Waals surface area contributed by atoms with E-state index >= 15 is 0 Å². The second-order valence-electron chi connectivity index (χ2n) is 6.52. The van der Waals surface area contributed by atoms with E-state index in [0.29, 0.717) is 11.7 Å². The van der Waals surface area contributed by atoms with E-state index in [1.165, 1.54) is 44.1 Å². The molecular formula is C17H23NO2. The van der Waals surface area contributed by atoms with Gasteiger partial charge in [-0.3, -0.25) is 4.90 Å². The minimum atomic E-state index is -0.116. The monoisotopic (exact) mass is 273 g/mol. The third-order valence-electron chi connectivity index (χ3n) is 5.37. The van der Waals surface area contributed by atoms with Crippen molar-refractivity contribution in [1.82, 2.24) is 4.90 Å². The molecule has 0 spiro atoms. The zero-order valence-electron chi connectivity index (χ0n) is 12.0. The van der Waals surface area contributed by atoms with E-state index in [-0.39, 0.29) is 5.72 Å². The van der Waals surface area contributed by atoms with Crippen LogP contribution in [0.5, 0.6) is 11.5 Å². The topological polar surface area (TPSA) is 32.7 Å². The number of hydrogen-bond acceptors (Lipinski definition) is 3. The number of benzene rings is 1. The fourth-order valence-corrected chi connectivity index (χ4v) is 4.45. The van der Waals surface area contributed by atoms with Crippen molar-refractivity contribution >= 4 is 0 Å². The molecule has 1 aromatic carbocycles. The van der Waals surface area contributed by atoms with Crippen molar-refractivity contribution in [3.63, 3.8) is 0 Å². The second-order valence-corrected chi connectivity index (χ2v) is 6.52. The Morgan fingerprint density at radius 1 is 1.10 bits per heavy atom. The smallest absolute Gasteiger partial charge is 0.170 e. The summed E-state index contributed by atoms with van der Waals surface area (Å²) >= 11 is 0. The maximum atomic E-state index is 9.81. The number of phenolic OH excluding ortho intramolecular Hbond substituents is 1. The lowest BCUT2D eigenvalue weighted by Crippen LogP contribution is -2.57. The second kappa shape index (κ2) is 4.66. The van der Waals surface area contributed by atoms with Gasteiger partial charge >= 0.3 is 0 Å². The third kappa shape index (κ3) is 1.76. The summed E-state index contributed by atoms with van der Waals surface area (Å²) in [6.07, 6.45) is 8.79. The van der Waals surface area contributed by atoms with Gasteiger partial charge < -0.3 is 9.84 Å². The Kier molecular flexibility index (Phi) is 2.92. The number of piperidine rings is 1. The largest absolute Gasteiger partial charge is 0.508 e. The van der Waals surface area contributed by atoms with E-state index in [1.807, 2.05) is 12.1 Å². The molecule has 20 heavy (non-hydrogen) atoms. The van der Waals surface area contributed by atoms with Crippen LogP contribution < -0.4 is 4.74 Å². The van der Waals surface area contributed by atoms with E-state index < -0.39 is 0 Å². The Hall–Kier alpha value is -1.22. The van der Waals surface area contributed by atoms with E-state index in [4.69, 9.17) is 4.74 Å². The Labute approximate surface area is 120 Å². The van der Waals surface area contributed by atoms with Crippen LogP contribution in [0.15, 0.2) is 18.2 Å². The van der Waals surface area contributed by atoms with Crippen LogP contribution in [0.4, 0.5) is 0 Å². The number of nitrogens with zero attached hydrogens (tertiary/aromatic N) is 1. The molecule has 2 fully saturated rings. The number of rotatable bonds is 1. The molecule has 1 aromatic rings. The summed E-state index contributed by atoms with van der Waals surface area (Å²) < 4.78 is 6.51. The highest BCUT2D eigenvalue weighted by atomic mass is 16.5. The molecule has 0 amide bonds. The maximum absolute atomic E-state index is 9.81. The predicted octanol–water partition coefficient (Wildman–Crippen LogP) is 3.62. The fourth-order valence-electron chi connectivity index (χ4n) is 4.45.